The second-order valence-corrected chi connectivity index (χ2v) is 7.35. The highest BCUT2D eigenvalue weighted by Gasteiger charge is 2.39. The second-order valence-electron chi connectivity index (χ2n) is 7.35. The van der Waals surface area contributed by atoms with Gasteiger partial charge in [0.1, 0.15) is 12.4 Å². The van der Waals surface area contributed by atoms with Crippen LogP contribution in [0, 0.1) is 0 Å². The second kappa shape index (κ2) is 7.24. The molecule has 0 aliphatic carbocycles. The summed E-state index contributed by atoms with van der Waals surface area (Å²) in [4.78, 5) is 14.1. The van der Waals surface area contributed by atoms with Crippen LogP contribution in [0.4, 0.5) is 18.9 Å². The molecule has 0 fully saturated rings. The fraction of sp³-hybridized carbons (Fsp3) is 0.286. The average Bonchev–Trinajstić information content (AvgIpc) is 3.29. The lowest BCUT2D eigenvalue weighted by Crippen LogP contribution is -2.23. The zero-order valence-corrected chi connectivity index (χ0v) is 16.3. The Bertz CT molecular complexity index is 1110. The molecule has 1 aromatic heterocycles. The summed E-state index contributed by atoms with van der Waals surface area (Å²) in [7, 11) is 1.72. The Hall–Kier alpha value is -3.20. The van der Waals surface area contributed by atoms with Gasteiger partial charge in [0.15, 0.2) is 5.82 Å². The predicted molar refractivity (Wildman–Crippen MR) is 103 cm³/mol. The van der Waals surface area contributed by atoms with E-state index in [2.05, 4.69) is 10.2 Å². The zero-order valence-electron chi connectivity index (χ0n) is 16.3. The van der Waals surface area contributed by atoms with Gasteiger partial charge in [-0.25, -0.2) is 0 Å². The Labute approximate surface area is 170 Å². The Balaban J connectivity index is 1.65. The first-order valence-corrected chi connectivity index (χ1v) is 9.31. The summed E-state index contributed by atoms with van der Waals surface area (Å²) in [5, 5.41) is 18.4. The first-order valence-electron chi connectivity index (χ1n) is 9.31. The van der Waals surface area contributed by atoms with Crippen LogP contribution >= 0.6 is 0 Å². The molecule has 1 amide bonds. The normalized spacial score (nSPS) is 15.9. The smallest absolute Gasteiger partial charge is 0.384 e. The van der Waals surface area contributed by atoms with E-state index in [1.54, 1.807) is 42.8 Å². The lowest BCUT2D eigenvalue weighted by Gasteiger charge is -2.21. The minimum Gasteiger partial charge on any atom is -0.384 e. The fourth-order valence-corrected chi connectivity index (χ4v) is 3.75. The van der Waals surface area contributed by atoms with Crippen molar-refractivity contribution in [3.05, 3.63) is 76.9 Å². The van der Waals surface area contributed by atoms with Crippen LogP contribution in [-0.4, -0.2) is 25.8 Å². The van der Waals surface area contributed by atoms with Gasteiger partial charge in [0.05, 0.1) is 12.1 Å². The van der Waals surface area contributed by atoms with Crippen LogP contribution in [0.1, 0.15) is 51.8 Å². The third-order valence-corrected chi connectivity index (χ3v) is 5.47. The molecule has 4 rings (SSSR count). The molecule has 30 heavy (non-hydrogen) atoms. The number of carbonyl (C=O) groups excluding carboxylic acids is 1. The van der Waals surface area contributed by atoms with Gasteiger partial charge >= 0.3 is 6.18 Å². The van der Waals surface area contributed by atoms with E-state index in [-0.39, 0.29) is 23.6 Å². The van der Waals surface area contributed by atoms with Crippen molar-refractivity contribution in [3.63, 3.8) is 0 Å². The first-order chi connectivity index (χ1) is 14.2. The molecule has 2 atom stereocenters. The number of fused-ring (bicyclic) bond motifs is 1. The molecule has 156 valence electrons. The van der Waals surface area contributed by atoms with Crippen LogP contribution < -0.4 is 4.90 Å². The third kappa shape index (κ3) is 3.35. The Morgan fingerprint density at radius 3 is 2.57 bits per heavy atom. The molecule has 6 nitrogen and oxygen atoms in total. The summed E-state index contributed by atoms with van der Waals surface area (Å²) in [6.45, 7) is 1.65. The molecule has 0 unspecified atom stereocenters. The van der Waals surface area contributed by atoms with Gasteiger partial charge in [-0.15, -0.1) is 10.2 Å². The Morgan fingerprint density at radius 1 is 1.17 bits per heavy atom. The van der Waals surface area contributed by atoms with Crippen molar-refractivity contribution in [2.75, 3.05) is 4.90 Å². The highest BCUT2D eigenvalue weighted by molar-refractivity contribution is 6.10. The van der Waals surface area contributed by atoms with Gasteiger partial charge in [-0.3, -0.25) is 4.79 Å². The molecule has 0 spiro atoms. The van der Waals surface area contributed by atoms with Crippen molar-refractivity contribution in [1.82, 2.24) is 14.8 Å². The number of alkyl halides is 3. The van der Waals surface area contributed by atoms with Crippen LogP contribution in [0.2, 0.25) is 0 Å². The summed E-state index contributed by atoms with van der Waals surface area (Å²) in [5.74, 6) is -0.458. The van der Waals surface area contributed by atoms with Crippen LogP contribution in [-0.2, 0) is 19.8 Å². The van der Waals surface area contributed by atoms with E-state index in [4.69, 9.17) is 0 Å². The fourth-order valence-electron chi connectivity index (χ4n) is 3.75. The van der Waals surface area contributed by atoms with Gasteiger partial charge in [0.2, 0.25) is 0 Å². The molecular formula is C21H19F3N4O2. The SMILES string of the molecule is C[C@@H](c1cccc(N2Cc3c(cccc3C(F)(F)F)C2=O)c1)[C@@H](O)c1nncn1C. The molecule has 2 aromatic carbocycles. The number of hydrogen-bond acceptors (Lipinski definition) is 4. The summed E-state index contributed by atoms with van der Waals surface area (Å²) in [6, 6.07) is 10.5. The van der Waals surface area contributed by atoms with E-state index >= 15 is 0 Å². The summed E-state index contributed by atoms with van der Waals surface area (Å²) in [5.41, 5.74) is 0.440. The molecule has 0 saturated heterocycles. The molecular weight excluding hydrogens is 397 g/mol. The minimum atomic E-state index is -4.53. The van der Waals surface area contributed by atoms with Crippen LogP contribution in [0.5, 0.6) is 0 Å². The maximum absolute atomic E-state index is 13.4. The number of carbonyl (C=O) groups is 1. The summed E-state index contributed by atoms with van der Waals surface area (Å²) < 4.78 is 41.7. The highest BCUT2D eigenvalue weighted by Crippen LogP contribution is 2.39. The van der Waals surface area contributed by atoms with Crippen molar-refractivity contribution in [2.45, 2.75) is 31.7 Å². The van der Waals surface area contributed by atoms with Crippen molar-refractivity contribution in [3.8, 4) is 0 Å². The zero-order chi connectivity index (χ0) is 21.6. The van der Waals surface area contributed by atoms with E-state index in [1.165, 1.54) is 23.4 Å². The Morgan fingerprint density at radius 2 is 1.90 bits per heavy atom. The van der Waals surface area contributed by atoms with Gasteiger partial charge in [0, 0.05) is 24.2 Å². The minimum absolute atomic E-state index is 0.0208. The molecule has 0 bridgehead atoms. The van der Waals surface area contributed by atoms with Gasteiger partial charge in [-0.1, -0.05) is 25.1 Å². The number of amides is 1. The topological polar surface area (TPSA) is 71.2 Å². The molecule has 2 heterocycles. The Kier molecular flexibility index (Phi) is 4.85. The van der Waals surface area contributed by atoms with Gasteiger partial charge in [-0.2, -0.15) is 13.2 Å². The average molecular weight is 416 g/mol. The largest absolute Gasteiger partial charge is 0.416 e. The number of hydrogen-bond donors (Lipinski definition) is 1. The number of aliphatic hydroxyl groups excluding tert-OH is 1. The number of aryl methyl sites for hydroxylation is 1. The van der Waals surface area contributed by atoms with Crippen molar-refractivity contribution < 1.29 is 23.1 Å². The summed E-state index contributed by atoms with van der Waals surface area (Å²) in [6.07, 6.45) is -3.98. The molecule has 3 aromatic rings. The van der Waals surface area contributed by atoms with E-state index in [1.807, 2.05) is 0 Å². The standard InChI is InChI=1S/C21H19F3N4O2/c1-12(18(29)19-26-25-11-27(19)2)13-5-3-6-14(9-13)28-10-16-15(20(28)30)7-4-8-17(16)21(22,23)24/h3-9,11-12,18,29H,10H2,1-2H3/t12-,18+/m0/s1. The van der Waals surface area contributed by atoms with E-state index in [9.17, 15) is 23.1 Å². The van der Waals surface area contributed by atoms with E-state index in [0.29, 0.717) is 11.5 Å². The maximum Gasteiger partial charge on any atom is 0.416 e. The highest BCUT2D eigenvalue weighted by atomic mass is 19.4. The third-order valence-electron chi connectivity index (χ3n) is 5.47. The number of rotatable bonds is 4. The lowest BCUT2D eigenvalue weighted by atomic mass is 9.94. The van der Waals surface area contributed by atoms with Crippen LogP contribution in [0.3, 0.4) is 0 Å². The number of anilines is 1. The predicted octanol–water partition coefficient (Wildman–Crippen LogP) is 3.83. The van der Waals surface area contributed by atoms with Crippen molar-refractivity contribution in [2.24, 2.45) is 7.05 Å². The molecule has 0 saturated carbocycles. The lowest BCUT2D eigenvalue weighted by molar-refractivity contribution is -0.138. The van der Waals surface area contributed by atoms with Gasteiger partial charge in [0.25, 0.3) is 5.91 Å². The van der Waals surface area contributed by atoms with Gasteiger partial charge in [-0.05, 0) is 35.4 Å². The molecule has 0 radical (unpaired) electrons. The van der Waals surface area contributed by atoms with Crippen molar-refractivity contribution in [1.29, 1.82) is 0 Å². The quantitative estimate of drug-likeness (QED) is 0.702. The van der Waals surface area contributed by atoms with Gasteiger partial charge < -0.3 is 14.6 Å². The number of benzene rings is 2. The van der Waals surface area contributed by atoms with Crippen molar-refractivity contribution >= 4 is 11.6 Å². The molecule has 1 N–H and O–H groups in total. The number of aromatic nitrogens is 3. The number of halogens is 3. The van der Waals surface area contributed by atoms with E-state index < -0.39 is 23.8 Å². The van der Waals surface area contributed by atoms with Crippen LogP contribution in [0.15, 0.2) is 48.8 Å². The molecule has 9 heteroatoms. The number of nitrogens with zero attached hydrogens (tertiary/aromatic N) is 4. The maximum atomic E-state index is 13.4. The van der Waals surface area contributed by atoms with E-state index in [0.717, 1.165) is 11.6 Å². The monoisotopic (exact) mass is 416 g/mol. The molecule has 1 aliphatic rings. The first kappa shape index (κ1) is 20.1. The molecule has 1 aliphatic heterocycles. The summed E-state index contributed by atoms with van der Waals surface area (Å²) >= 11 is 0. The van der Waals surface area contributed by atoms with Crippen LogP contribution in [0.25, 0.3) is 0 Å². The number of aliphatic hydroxyl groups is 1.